The zero-order valence-corrected chi connectivity index (χ0v) is 20.4. The number of rotatable bonds is 14. The Kier molecular flexibility index (Phi) is 11.4. The number of nitrogens with zero attached hydrogens (tertiary/aromatic N) is 1. The van der Waals surface area contributed by atoms with Crippen molar-refractivity contribution in [1.29, 1.82) is 0 Å². The highest BCUT2D eigenvalue weighted by Crippen LogP contribution is 2.28. The number of ether oxygens (including phenoxy) is 2. The summed E-state index contributed by atoms with van der Waals surface area (Å²) in [5.41, 5.74) is 5.78. The highest BCUT2D eigenvalue weighted by atomic mass is 16.6. The molecule has 0 fully saturated rings. The van der Waals surface area contributed by atoms with Gasteiger partial charge in [0.1, 0.15) is 25.2 Å². The minimum Gasteiger partial charge on any atom is -0.493 e. The smallest absolute Gasteiger partial charge is 0.125 e. The van der Waals surface area contributed by atoms with E-state index in [0.29, 0.717) is 6.61 Å². The lowest BCUT2D eigenvalue weighted by atomic mass is 10.0. The monoisotopic (exact) mass is 437 g/mol. The first kappa shape index (κ1) is 25.5. The second-order valence-electron chi connectivity index (χ2n) is 8.09. The van der Waals surface area contributed by atoms with Crippen LogP contribution in [0, 0.1) is 13.8 Å². The fourth-order valence-corrected chi connectivity index (χ4v) is 3.70. The molecule has 2 aromatic rings. The van der Waals surface area contributed by atoms with Crippen molar-refractivity contribution in [1.82, 2.24) is 0 Å². The number of unbranched alkanes of at least 4 members (excludes halogenated alkanes) is 2. The highest BCUT2D eigenvalue weighted by Gasteiger charge is 2.08. The Morgan fingerprint density at radius 2 is 1.69 bits per heavy atom. The van der Waals surface area contributed by atoms with Gasteiger partial charge < -0.3 is 14.3 Å². The van der Waals surface area contributed by atoms with Crippen molar-refractivity contribution in [2.75, 3.05) is 20.3 Å². The quantitative estimate of drug-likeness (QED) is 0.136. The molecule has 32 heavy (non-hydrogen) atoms. The highest BCUT2D eigenvalue weighted by molar-refractivity contribution is 6.00. The van der Waals surface area contributed by atoms with Crippen LogP contribution >= 0.6 is 0 Å². The van der Waals surface area contributed by atoms with Crippen molar-refractivity contribution in [3.8, 4) is 11.5 Å². The molecule has 0 saturated carbocycles. The molecule has 0 amide bonds. The summed E-state index contributed by atoms with van der Waals surface area (Å²) >= 11 is 0. The van der Waals surface area contributed by atoms with Gasteiger partial charge in [0.15, 0.2) is 0 Å². The van der Waals surface area contributed by atoms with E-state index in [0.717, 1.165) is 79.0 Å². The Balaban J connectivity index is 1.74. The van der Waals surface area contributed by atoms with E-state index in [2.05, 4.69) is 62.3 Å². The van der Waals surface area contributed by atoms with Gasteiger partial charge in [-0.1, -0.05) is 54.9 Å². The molecule has 0 spiro atoms. The maximum atomic E-state index is 6.09. The van der Waals surface area contributed by atoms with Crippen molar-refractivity contribution in [2.45, 2.75) is 66.2 Å². The predicted molar refractivity (Wildman–Crippen MR) is 134 cm³/mol. The first-order chi connectivity index (χ1) is 15.6. The summed E-state index contributed by atoms with van der Waals surface area (Å²) in [7, 11) is 1.60. The number of aryl methyl sites for hydroxylation is 3. The van der Waals surface area contributed by atoms with Gasteiger partial charge in [0.05, 0.1) is 12.3 Å². The van der Waals surface area contributed by atoms with Gasteiger partial charge in [-0.3, -0.25) is 0 Å². The van der Waals surface area contributed by atoms with Crippen LogP contribution < -0.4 is 9.47 Å². The number of oxime groups is 1. The average Bonchev–Trinajstić information content (AvgIpc) is 2.78. The second-order valence-corrected chi connectivity index (χ2v) is 8.09. The van der Waals surface area contributed by atoms with Gasteiger partial charge in [0, 0.05) is 0 Å². The zero-order valence-electron chi connectivity index (χ0n) is 20.4. The normalized spacial score (nSPS) is 11.7. The van der Waals surface area contributed by atoms with Crippen molar-refractivity contribution >= 4 is 5.71 Å². The van der Waals surface area contributed by atoms with E-state index < -0.39 is 0 Å². The fraction of sp³-hybridized carbons (Fsp3) is 0.464. The van der Waals surface area contributed by atoms with Crippen LogP contribution in [-0.4, -0.2) is 26.0 Å². The van der Waals surface area contributed by atoms with Crippen molar-refractivity contribution in [3.63, 3.8) is 0 Å². The largest absolute Gasteiger partial charge is 0.493 e. The maximum Gasteiger partial charge on any atom is 0.125 e. The predicted octanol–water partition coefficient (Wildman–Crippen LogP) is 7.20. The number of hydrogen-bond donors (Lipinski definition) is 0. The van der Waals surface area contributed by atoms with Crippen LogP contribution in [0.3, 0.4) is 0 Å². The molecule has 0 aromatic heterocycles. The second kappa shape index (κ2) is 14.3. The van der Waals surface area contributed by atoms with Gasteiger partial charge in [0.2, 0.25) is 0 Å². The van der Waals surface area contributed by atoms with E-state index in [1.807, 2.05) is 19.1 Å². The summed E-state index contributed by atoms with van der Waals surface area (Å²) in [6.45, 7) is 9.65. The molecule has 0 atom stereocenters. The molecule has 0 unspecified atom stereocenters. The maximum absolute atomic E-state index is 6.09. The molecule has 0 aliphatic carbocycles. The van der Waals surface area contributed by atoms with Crippen molar-refractivity contribution in [3.05, 3.63) is 70.8 Å². The lowest BCUT2D eigenvalue weighted by Gasteiger charge is -2.14. The number of allylic oxidation sites excluding steroid dienone is 1. The molecular formula is C28H39NO3. The minimum absolute atomic E-state index is 0.596. The van der Waals surface area contributed by atoms with Crippen LogP contribution in [0.15, 0.2) is 53.7 Å². The first-order valence-electron chi connectivity index (χ1n) is 11.8. The van der Waals surface area contributed by atoms with Gasteiger partial charge in [-0.2, -0.15) is 0 Å². The van der Waals surface area contributed by atoms with Gasteiger partial charge >= 0.3 is 0 Å². The summed E-state index contributed by atoms with van der Waals surface area (Å²) in [6, 6.07) is 12.8. The van der Waals surface area contributed by atoms with E-state index in [9.17, 15) is 0 Å². The van der Waals surface area contributed by atoms with E-state index in [-0.39, 0.29) is 0 Å². The average molecular weight is 438 g/mol. The van der Waals surface area contributed by atoms with Gasteiger partial charge in [-0.05, 0) is 87.3 Å². The lowest BCUT2D eigenvalue weighted by molar-refractivity contribution is 0.213. The summed E-state index contributed by atoms with van der Waals surface area (Å²) in [6.07, 6.45) is 10.4. The van der Waals surface area contributed by atoms with E-state index in [4.69, 9.17) is 14.3 Å². The standard InChI is InChI=1S/C28H39NO3/c1-6-8-18-31-26-20-22(3)28(23(4)21-26)32-19-11-9-10-13-24-14-16-25(17-15-24)27(12-7-2)29-30-5/h6,8,14-17,20-21H,7,9-13,18-19H2,1-5H3/b8-6+,29-27+. The Labute approximate surface area is 194 Å². The van der Waals surface area contributed by atoms with Crippen LogP contribution in [0.2, 0.25) is 0 Å². The molecule has 2 rings (SSSR count). The topological polar surface area (TPSA) is 40.0 Å². The van der Waals surface area contributed by atoms with Crippen molar-refractivity contribution < 1.29 is 14.3 Å². The van der Waals surface area contributed by atoms with Gasteiger partial charge in [0.25, 0.3) is 0 Å². The molecule has 0 N–H and O–H groups in total. The molecule has 0 aliphatic heterocycles. The third-order valence-electron chi connectivity index (χ3n) is 5.35. The number of benzene rings is 2. The summed E-state index contributed by atoms with van der Waals surface area (Å²) < 4.78 is 11.8. The van der Waals surface area contributed by atoms with Crippen LogP contribution in [0.25, 0.3) is 0 Å². The Morgan fingerprint density at radius 3 is 2.31 bits per heavy atom. The fourth-order valence-electron chi connectivity index (χ4n) is 3.70. The van der Waals surface area contributed by atoms with Crippen LogP contribution in [0.4, 0.5) is 0 Å². The van der Waals surface area contributed by atoms with Crippen LogP contribution in [0.5, 0.6) is 11.5 Å². The third-order valence-corrected chi connectivity index (χ3v) is 5.35. The molecule has 4 heteroatoms. The molecule has 0 bridgehead atoms. The molecule has 0 radical (unpaired) electrons. The van der Waals surface area contributed by atoms with E-state index in [1.54, 1.807) is 7.11 Å². The van der Waals surface area contributed by atoms with E-state index in [1.165, 1.54) is 5.56 Å². The Bertz CT molecular complexity index is 846. The van der Waals surface area contributed by atoms with Gasteiger partial charge in [-0.15, -0.1) is 0 Å². The molecule has 0 aliphatic rings. The molecule has 4 nitrogen and oxygen atoms in total. The van der Waals surface area contributed by atoms with Gasteiger partial charge in [-0.25, -0.2) is 0 Å². The molecule has 0 saturated heterocycles. The lowest BCUT2D eigenvalue weighted by Crippen LogP contribution is -2.03. The van der Waals surface area contributed by atoms with Crippen LogP contribution in [-0.2, 0) is 11.3 Å². The Hall–Kier alpha value is -2.75. The Morgan fingerprint density at radius 1 is 0.969 bits per heavy atom. The summed E-state index contributed by atoms with van der Waals surface area (Å²) in [5.74, 6) is 1.88. The zero-order chi connectivity index (χ0) is 23.2. The van der Waals surface area contributed by atoms with E-state index >= 15 is 0 Å². The molecular weight excluding hydrogens is 398 g/mol. The number of hydrogen-bond acceptors (Lipinski definition) is 4. The molecule has 0 heterocycles. The van der Waals surface area contributed by atoms with Crippen LogP contribution in [0.1, 0.15) is 68.2 Å². The molecule has 174 valence electrons. The molecule has 2 aromatic carbocycles. The summed E-state index contributed by atoms with van der Waals surface area (Å²) in [5, 5.41) is 4.16. The van der Waals surface area contributed by atoms with Crippen molar-refractivity contribution in [2.24, 2.45) is 5.16 Å². The third kappa shape index (κ3) is 8.41. The minimum atomic E-state index is 0.596. The first-order valence-corrected chi connectivity index (χ1v) is 11.8. The SMILES string of the molecule is C/C=C/COc1cc(C)c(OCCCCCc2ccc(/C(CCC)=N/OC)cc2)c(C)c1. The summed E-state index contributed by atoms with van der Waals surface area (Å²) in [4.78, 5) is 4.98.